The van der Waals surface area contributed by atoms with Crippen LogP contribution in [0, 0.1) is 0 Å². The number of hydrogen-bond donors (Lipinski definition) is 1. The molecule has 0 radical (unpaired) electrons. The summed E-state index contributed by atoms with van der Waals surface area (Å²) in [5.41, 5.74) is 12.6. The molecule has 2 aromatic heterocycles. The maximum absolute atomic E-state index is 6.28. The topological polar surface area (TPSA) is 55.8 Å². The summed E-state index contributed by atoms with van der Waals surface area (Å²) in [6, 6.07) is 68.2. The number of aromatic nitrogens is 2. The summed E-state index contributed by atoms with van der Waals surface area (Å²) in [7, 11) is 1.83. The van der Waals surface area contributed by atoms with Crippen LogP contribution in [0.4, 0.5) is 5.69 Å². The maximum atomic E-state index is 6.28. The summed E-state index contributed by atoms with van der Waals surface area (Å²) < 4.78 is 10.9. The van der Waals surface area contributed by atoms with Crippen LogP contribution in [-0.2, 0) is 0 Å². The van der Waals surface area contributed by atoms with E-state index in [1.165, 1.54) is 10.8 Å². The van der Waals surface area contributed by atoms with Gasteiger partial charge in [-0.15, -0.1) is 0 Å². The molecule has 1 aliphatic rings. The second-order valence-corrected chi connectivity index (χ2v) is 14.6. The Hall–Kier alpha value is -7.70. The van der Waals surface area contributed by atoms with Crippen molar-refractivity contribution in [1.82, 2.24) is 9.13 Å². The first-order valence-electron chi connectivity index (χ1n) is 19.6. The molecule has 0 saturated carbocycles. The van der Waals surface area contributed by atoms with Gasteiger partial charge in [-0.25, -0.2) is 4.99 Å². The zero-order chi connectivity index (χ0) is 38.6. The lowest BCUT2D eigenvalue weighted by molar-refractivity contribution is 0.260. The number of rotatable bonds is 6. The first-order chi connectivity index (χ1) is 28.7. The third-order valence-electron chi connectivity index (χ3n) is 11.2. The molecule has 0 aliphatic carbocycles. The molecule has 1 aliphatic heterocycles. The van der Waals surface area contributed by atoms with Gasteiger partial charge in [0.25, 0.3) is 0 Å². The Morgan fingerprint density at radius 3 is 1.59 bits per heavy atom. The fourth-order valence-electron chi connectivity index (χ4n) is 8.54. The molecular weight excluding hydrogens is 711 g/mol. The lowest BCUT2D eigenvalue weighted by atomic mass is 9.98. The van der Waals surface area contributed by atoms with Crippen LogP contribution in [0.1, 0.15) is 28.5 Å². The van der Waals surface area contributed by atoms with E-state index in [4.69, 9.17) is 14.7 Å². The molecule has 0 bridgehead atoms. The summed E-state index contributed by atoms with van der Waals surface area (Å²) in [4.78, 5) is 10.3. The maximum Gasteiger partial charge on any atom is 0.196 e. The van der Waals surface area contributed by atoms with Gasteiger partial charge in [0.15, 0.2) is 12.1 Å². The predicted octanol–water partition coefficient (Wildman–Crippen LogP) is 12.3. The monoisotopic (exact) mass is 747 g/mol. The van der Waals surface area contributed by atoms with Gasteiger partial charge in [-0.2, -0.15) is 0 Å². The molecule has 1 N–H and O–H groups in total. The van der Waals surface area contributed by atoms with E-state index < -0.39 is 0 Å². The molecule has 3 heterocycles. The highest BCUT2D eigenvalue weighted by atomic mass is 16.5. The average molecular weight is 748 g/mol. The van der Waals surface area contributed by atoms with Gasteiger partial charge < -0.3 is 19.2 Å². The van der Waals surface area contributed by atoms with Crippen LogP contribution in [-0.4, -0.2) is 27.7 Å². The molecule has 11 rings (SSSR count). The van der Waals surface area contributed by atoms with Crippen molar-refractivity contribution >= 4 is 60.8 Å². The Morgan fingerprint density at radius 2 is 0.983 bits per heavy atom. The number of amidine groups is 1. The molecule has 276 valence electrons. The van der Waals surface area contributed by atoms with Crippen LogP contribution in [0.25, 0.3) is 55.0 Å². The van der Waals surface area contributed by atoms with Gasteiger partial charge in [-0.1, -0.05) is 115 Å². The Bertz CT molecular complexity index is 3210. The van der Waals surface area contributed by atoms with E-state index in [-0.39, 0.29) is 6.23 Å². The summed E-state index contributed by atoms with van der Waals surface area (Å²) in [5.74, 6) is 1.51. The standard InChI is InChI=1S/C52H37N5O/c1-53-51(37-29-31-48-43(33-37)41-19-9-12-22-46(41)57(48)39-16-6-3-7-17-39)55-50(34-24-26-35(27-25-34)52-54-44-20-10-13-23-49(44)58-52)36-28-30-47-42(32-36)40-18-8-11-21-45(40)56(47)38-14-4-2-5-15-38/h2-33,52,54H,1H3. The van der Waals surface area contributed by atoms with Gasteiger partial charge in [0.2, 0.25) is 0 Å². The zero-order valence-corrected chi connectivity index (χ0v) is 31.7. The highest BCUT2D eigenvalue weighted by Gasteiger charge is 2.24. The van der Waals surface area contributed by atoms with Gasteiger partial charge in [0.1, 0.15) is 5.75 Å². The van der Waals surface area contributed by atoms with Gasteiger partial charge in [-0.3, -0.25) is 4.99 Å². The second kappa shape index (κ2) is 13.8. The van der Waals surface area contributed by atoms with Crippen molar-refractivity contribution in [3.63, 3.8) is 0 Å². The second-order valence-electron chi connectivity index (χ2n) is 14.6. The molecule has 8 aromatic carbocycles. The quantitative estimate of drug-likeness (QED) is 0.136. The van der Waals surface area contributed by atoms with Crippen LogP contribution >= 0.6 is 0 Å². The zero-order valence-electron chi connectivity index (χ0n) is 31.7. The summed E-state index contributed by atoms with van der Waals surface area (Å²) in [6.45, 7) is 0. The van der Waals surface area contributed by atoms with E-state index >= 15 is 0 Å². The number of nitrogens with zero attached hydrogens (tertiary/aromatic N) is 4. The SMILES string of the molecule is CN=C(N=C(c1ccc(C2Nc3ccccc3O2)cc1)c1ccc2c(c1)c1ccccc1n2-c1ccccc1)c1ccc2c(c1)c1ccccc1n2-c1ccccc1. The van der Waals surface area contributed by atoms with Crippen molar-refractivity contribution in [2.75, 3.05) is 12.4 Å². The lowest BCUT2D eigenvalue weighted by Gasteiger charge is -2.14. The smallest absolute Gasteiger partial charge is 0.196 e. The number of ether oxygens (including phenoxy) is 1. The fourth-order valence-corrected chi connectivity index (χ4v) is 8.54. The Labute approximate surface area is 335 Å². The van der Waals surface area contributed by atoms with E-state index in [1.807, 2.05) is 31.3 Å². The normalized spacial score (nSPS) is 14.3. The van der Waals surface area contributed by atoms with Crippen LogP contribution in [0.3, 0.4) is 0 Å². The Morgan fingerprint density at radius 1 is 0.483 bits per heavy atom. The minimum atomic E-state index is -0.273. The van der Waals surface area contributed by atoms with Crippen LogP contribution < -0.4 is 10.1 Å². The van der Waals surface area contributed by atoms with Crippen molar-refractivity contribution in [3.8, 4) is 17.1 Å². The summed E-state index contributed by atoms with van der Waals surface area (Å²) in [5, 5.41) is 8.19. The Balaban J connectivity index is 1.07. The highest BCUT2D eigenvalue weighted by molar-refractivity contribution is 6.22. The number of para-hydroxylation sites is 6. The van der Waals surface area contributed by atoms with Crippen molar-refractivity contribution in [2.24, 2.45) is 9.98 Å². The number of aliphatic imine (C=N–C) groups is 2. The molecule has 0 fully saturated rings. The molecule has 0 amide bonds. The van der Waals surface area contributed by atoms with E-state index in [9.17, 15) is 0 Å². The predicted molar refractivity (Wildman–Crippen MR) is 240 cm³/mol. The lowest BCUT2D eigenvalue weighted by Crippen LogP contribution is -2.12. The first-order valence-corrected chi connectivity index (χ1v) is 19.6. The molecule has 58 heavy (non-hydrogen) atoms. The molecule has 1 unspecified atom stereocenters. The van der Waals surface area contributed by atoms with Crippen molar-refractivity contribution in [2.45, 2.75) is 6.23 Å². The van der Waals surface area contributed by atoms with Gasteiger partial charge in [-0.05, 0) is 78.9 Å². The van der Waals surface area contributed by atoms with Gasteiger partial charge >= 0.3 is 0 Å². The first kappa shape index (κ1) is 33.6. The molecular formula is C52H37N5O. The number of fused-ring (bicyclic) bond motifs is 7. The molecule has 6 nitrogen and oxygen atoms in total. The van der Waals surface area contributed by atoms with Gasteiger partial charge in [0, 0.05) is 62.2 Å². The molecule has 6 heteroatoms. The molecule has 0 spiro atoms. The fraction of sp³-hybridized carbons (Fsp3) is 0.0385. The van der Waals surface area contributed by atoms with Crippen LogP contribution in [0.15, 0.2) is 204 Å². The molecule has 0 saturated heterocycles. The summed E-state index contributed by atoms with van der Waals surface area (Å²) in [6.07, 6.45) is -0.273. The average Bonchev–Trinajstić information content (AvgIpc) is 3.98. The summed E-state index contributed by atoms with van der Waals surface area (Å²) >= 11 is 0. The number of benzene rings is 8. The van der Waals surface area contributed by atoms with E-state index in [2.05, 4.69) is 184 Å². The van der Waals surface area contributed by atoms with Crippen LogP contribution in [0.5, 0.6) is 5.75 Å². The molecule has 10 aromatic rings. The van der Waals surface area contributed by atoms with Crippen molar-refractivity contribution in [1.29, 1.82) is 0 Å². The van der Waals surface area contributed by atoms with Gasteiger partial charge in [0.05, 0.1) is 33.5 Å². The minimum Gasteiger partial charge on any atom is -0.464 e. The molecule has 1 atom stereocenters. The van der Waals surface area contributed by atoms with E-state index in [1.54, 1.807) is 0 Å². The highest BCUT2D eigenvalue weighted by Crippen LogP contribution is 2.38. The van der Waals surface area contributed by atoms with E-state index in [0.717, 1.165) is 83.6 Å². The largest absolute Gasteiger partial charge is 0.464 e. The van der Waals surface area contributed by atoms with Crippen LogP contribution in [0.2, 0.25) is 0 Å². The Kier molecular flexibility index (Phi) is 8.00. The number of hydrogen-bond acceptors (Lipinski definition) is 3. The van der Waals surface area contributed by atoms with Crippen molar-refractivity contribution in [3.05, 3.63) is 216 Å². The van der Waals surface area contributed by atoms with E-state index in [0.29, 0.717) is 5.84 Å². The number of nitrogens with one attached hydrogen (secondary N) is 1. The third-order valence-corrected chi connectivity index (χ3v) is 11.2. The third kappa shape index (κ3) is 5.57. The minimum absolute atomic E-state index is 0.273. The number of anilines is 1. The van der Waals surface area contributed by atoms with Crippen molar-refractivity contribution < 1.29 is 4.74 Å².